The van der Waals surface area contributed by atoms with Crippen LogP contribution >= 0.6 is 0 Å². The van der Waals surface area contributed by atoms with E-state index in [4.69, 9.17) is 10.5 Å². The molecule has 2 N–H and O–H groups in total. The van der Waals surface area contributed by atoms with Crippen molar-refractivity contribution >= 4 is 0 Å². The van der Waals surface area contributed by atoms with Crippen LogP contribution in [0.15, 0.2) is 0 Å². The Morgan fingerprint density at radius 3 is 2.50 bits per heavy atom. The molecule has 0 spiro atoms. The van der Waals surface area contributed by atoms with Crippen LogP contribution in [-0.2, 0) is 4.74 Å². The van der Waals surface area contributed by atoms with Gasteiger partial charge in [0.2, 0.25) is 0 Å². The standard InChI is InChI=1S/C14H27NO/c1-2-11-3-4-14(15)13(9-11)10-12-5-7-16-8-6-12/h11-14H,2-10,15H2,1H3. The maximum Gasteiger partial charge on any atom is 0.0468 e. The molecule has 1 saturated heterocycles. The van der Waals surface area contributed by atoms with Crippen molar-refractivity contribution < 1.29 is 4.74 Å². The molecule has 2 nitrogen and oxygen atoms in total. The van der Waals surface area contributed by atoms with Gasteiger partial charge in [-0.15, -0.1) is 0 Å². The molecular weight excluding hydrogens is 198 g/mol. The van der Waals surface area contributed by atoms with Crippen LogP contribution in [-0.4, -0.2) is 19.3 Å². The van der Waals surface area contributed by atoms with Gasteiger partial charge >= 0.3 is 0 Å². The molecule has 2 aliphatic rings. The fraction of sp³-hybridized carbons (Fsp3) is 1.00. The van der Waals surface area contributed by atoms with Gasteiger partial charge < -0.3 is 10.5 Å². The minimum absolute atomic E-state index is 0.477. The summed E-state index contributed by atoms with van der Waals surface area (Å²) < 4.78 is 5.43. The summed E-state index contributed by atoms with van der Waals surface area (Å²) in [5.41, 5.74) is 6.28. The minimum Gasteiger partial charge on any atom is -0.381 e. The van der Waals surface area contributed by atoms with Crippen LogP contribution < -0.4 is 5.73 Å². The van der Waals surface area contributed by atoms with Gasteiger partial charge in [0.25, 0.3) is 0 Å². The average molecular weight is 225 g/mol. The van der Waals surface area contributed by atoms with Gasteiger partial charge in [-0.05, 0) is 56.3 Å². The van der Waals surface area contributed by atoms with Gasteiger partial charge in [-0.2, -0.15) is 0 Å². The van der Waals surface area contributed by atoms with Crippen molar-refractivity contribution in [2.45, 2.75) is 57.9 Å². The summed E-state index contributed by atoms with van der Waals surface area (Å²) in [5, 5.41) is 0. The van der Waals surface area contributed by atoms with Crippen molar-refractivity contribution in [3.8, 4) is 0 Å². The van der Waals surface area contributed by atoms with Gasteiger partial charge in [-0.25, -0.2) is 0 Å². The third-order valence-electron chi connectivity index (χ3n) is 4.70. The molecule has 0 aromatic rings. The molecule has 0 bridgehead atoms. The summed E-state index contributed by atoms with van der Waals surface area (Å²) in [6, 6.07) is 0.477. The molecule has 1 aliphatic heterocycles. The Morgan fingerprint density at radius 1 is 1.06 bits per heavy atom. The van der Waals surface area contributed by atoms with Gasteiger partial charge in [-0.3, -0.25) is 0 Å². The number of nitrogens with two attached hydrogens (primary N) is 1. The first-order valence-electron chi connectivity index (χ1n) is 7.13. The minimum atomic E-state index is 0.477. The number of rotatable bonds is 3. The molecule has 2 heteroatoms. The Kier molecular flexibility index (Phi) is 4.66. The van der Waals surface area contributed by atoms with Crippen LogP contribution in [0.5, 0.6) is 0 Å². The quantitative estimate of drug-likeness (QED) is 0.801. The molecule has 0 amide bonds. The van der Waals surface area contributed by atoms with E-state index < -0.39 is 0 Å². The third-order valence-corrected chi connectivity index (χ3v) is 4.70. The normalized spacial score (nSPS) is 37.5. The zero-order valence-electron chi connectivity index (χ0n) is 10.7. The summed E-state index contributed by atoms with van der Waals surface area (Å²) in [5.74, 6) is 2.63. The number of hydrogen-bond donors (Lipinski definition) is 1. The van der Waals surface area contributed by atoms with E-state index in [2.05, 4.69) is 6.92 Å². The zero-order chi connectivity index (χ0) is 11.4. The lowest BCUT2D eigenvalue weighted by Crippen LogP contribution is -2.37. The topological polar surface area (TPSA) is 35.2 Å². The van der Waals surface area contributed by atoms with Crippen LogP contribution in [0, 0.1) is 17.8 Å². The van der Waals surface area contributed by atoms with E-state index in [0.717, 1.165) is 31.0 Å². The Labute approximate surface area is 99.9 Å². The molecule has 1 aliphatic carbocycles. The lowest BCUT2D eigenvalue weighted by molar-refractivity contribution is 0.0520. The van der Waals surface area contributed by atoms with Crippen molar-refractivity contribution in [3.63, 3.8) is 0 Å². The second-order valence-electron chi connectivity index (χ2n) is 5.80. The molecule has 1 saturated carbocycles. The number of hydrogen-bond acceptors (Lipinski definition) is 2. The fourth-order valence-electron chi connectivity index (χ4n) is 3.44. The van der Waals surface area contributed by atoms with Gasteiger partial charge in [0.1, 0.15) is 0 Å². The first-order chi connectivity index (χ1) is 7.79. The van der Waals surface area contributed by atoms with Crippen LogP contribution in [0.3, 0.4) is 0 Å². The molecule has 0 aromatic carbocycles. The first-order valence-corrected chi connectivity index (χ1v) is 7.13. The van der Waals surface area contributed by atoms with Crippen molar-refractivity contribution in [2.24, 2.45) is 23.5 Å². The van der Waals surface area contributed by atoms with Crippen molar-refractivity contribution in [3.05, 3.63) is 0 Å². The second kappa shape index (κ2) is 6.02. The van der Waals surface area contributed by atoms with Gasteiger partial charge in [-0.1, -0.05) is 13.3 Å². The molecule has 0 aromatic heterocycles. The molecule has 94 valence electrons. The average Bonchev–Trinajstić information content (AvgIpc) is 2.33. The highest BCUT2D eigenvalue weighted by atomic mass is 16.5. The molecular formula is C14H27NO. The smallest absolute Gasteiger partial charge is 0.0468 e. The SMILES string of the molecule is CCC1CCC(N)C(CC2CCOCC2)C1. The molecule has 2 rings (SSSR count). The van der Waals surface area contributed by atoms with Gasteiger partial charge in [0.05, 0.1) is 0 Å². The van der Waals surface area contributed by atoms with Gasteiger partial charge in [0, 0.05) is 19.3 Å². The molecule has 3 atom stereocenters. The highest BCUT2D eigenvalue weighted by Crippen LogP contribution is 2.35. The van der Waals surface area contributed by atoms with E-state index in [1.165, 1.54) is 44.9 Å². The fourth-order valence-corrected chi connectivity index (χ4v) is 3.44. The van der Waals surface area contributed by atoms with E-state index in [0.29, 0.717) is 6.04 Å². The van der Waals surface area contributed by atoms with Crippen molar-refractivity contribution in [1.29, 1.82) is 0 Å². The number of ether oxygens (including phenoxy) is 1. The monoisotopic (exact) mass is 225 g/mol. The van der Waals surface area contributed by atoms with Gasteiger partial charge in [0.15, 0.2) is 0 Å². The molecule has 0 radical (unpaired) electrons. The first kappa shape index (κ1) is 12.4. The largest absolute Gasteiger partial charge is 0.381 e. The summed E-state index contributed by atoms with van der Waals surface area (Å²) in [6.45, 7) is 4.28. The summed E-state index contributed by atoms with van der Waals surface area (Å²) >= 11 is 0. The Hall–Kier alpha value is -0.0800. The van der Waals surface area contributed by atoms with E-state index >= 15 is 0 Å². The Balaban J connectivity index is 1.81. The molecule has 3 unspecified atom stereocenters. The van der Waals surface area contributed by atoms with Crippen molar-refractivity contribution in [2.75, 3.05) is 13.2 Å². The van der Waals surface area contributed by atoms with E-state index in [1.54, 1.807) is 0 Å². The highest BCUT2D eigenvalue weighted by molar-refractivity contribution is 4.84. The van der Waals surface area contributed by atoms with E-state index in [9.17, 15) is 0 Å². The van der Waals surface area contributed by atoms with Crippen LogP contribution in [0.4, 0.5) is 0 Å². The maximum absolute atomic E-state index is 6.28. The van der Waals surface area contributed by atoms with Crippen LogP contribution in [0.2, 0.25) is 0 Å². The van der Waals surface area contributed by atoms with Crippen LogP contribution in [0.25, 0.3) is 0 Å². The zero-order valence-corrected chi connectivity index (χ0v) is 10.7. The predicted octanol–water partition coefficient (Wildman–Crippen LogP) is 2.96. The Morgan fingerprint density at radius 2 is 1.81 bits per heavy atom. The van der Waals surface area contributed by atoms with Crippen molar-refractivity contribution in [1.82, 2.24) is 0 Å². The molecule has 1 heterocycles. The molecule has 2 fully saturated rings. The third kappa shape index (κ3) is 3.21. The van der Waals surface area contributed by atoms with E-state index in [1.807, 2.05) is 0 Å². The summed E-state index contributed by atoms with van der Waals surface area (Å²) in [6.07, 6.45) is 9.24. The highest BCUT2D eigenvalue weighted by Gasteiger charge is 2.29. The molecule has 16 heavy (non-hydrogen) atoms. The maximum atomic E-state index is 6.28. The van der Waals surface area contributed by atoms with Crippen LogP contribution in [0.1, 0.15) is 51.9 Å². The summed E-state index contributed by atoms with van der Waals surface area (Å²) in [4.78, 5) is 0. The van der Waals surface area contributed by atoms with E-state index in [-0.39, 0.29) is 0 Å². The lowest BCUT2D eigenvalue weighted by atomic mass is 9.73. The lowest BCUT2D eigenvalue weighted by Gasteiger charge is -2.36. The second-order valence-corrected chi connectivity index (χ2v) is 5.80. The predicted molar refractivity (Wildman–Crippen MR) is 67.3 cm³/mol. The Bertz CT molecular complexity index is 201. The summed E-state index contributed by atoms with van der Waals surface area (Å²) in [7, 11) is 0.